The average Bonchev–Trinajstić information content (AvgIpc) is 2.66. The molecular formula is C14H15BrN2O. The van der Waals surface area contributed by atoms with Crippen LogP contribution < -0.4 is 5.32 Å². The van der Waals surface area contributed by atoms with Gasteiger partial charge in [-0.2, -0.15) is 0 Å². The second kappa shape index (κ2) is 5.40. The quantitative estimate of drug-likeness (QED) is 0.929. The first-order valence-corrected chi connectivity index (χ1v) is 6.51. The number of amides is 1. The smallest absolute Gasteiger partial charge is 0.268 e. The third-order valence-electron chi connectivity index (χ3n) is 2.74. The normalized spacial score (nSPS) is 10.4. The molecule has 2 rings (SSSR count). The molecule has 1 heterocycles. The predicted octanol–water partition coefficient (Wildman–Crippen LogP) is 3.03. The van der Waals surface area contributed by atoms with Gasteiger partial charge in [-0.1, -0.05) is 29.8 Å². The fourth-order valence-electron chi connectivity index (χ4n) is 1.84. The summed E-state index contributed by atoms with van der Waals surface area (Å²) in [7, 11) is 1.85. The fraction of sp³-hybridized carbons (Fsp3) is 0.214. The molecule has 18 heavy (non-hydrogen) atoms. The zero-order valence-electron chi connectivity index (χ0n) is 10.4. The SMILES string of the molecule is Cc1cccc(CNC(=O)c2cc(Br)cn2C)c1. The van der Waals surface area contributed by atoms with Gasteiger partial charge in [-0.05, 0) is 34.5 Å². The molecular weight excluding hydrogens is 292 g/mol. The van der Waals surface area contributed by atoms with Crippen molar-refractivity contribution < 1.29 is 4.79 Å². The lowest BCUT2D eigenvalue weighted by atomic mass is 10.1. The molecule has 0 atom stereocenters. The summed E-state index contributed by atoms with van der Waals surface area (Å²) >= 11 is 3.36. The maximum absolute atomic E-state index is 12.0. The van der Waals surface area contributed by atoms with E-state index in [4.69, 9.17) is 0 Å². The standard InChI is InChI=1S/C14H15BrN2O/c1-10-4-3-5-11(6-10)8-16-14(18)13-7-12(15)9-17(13)2/h3-7,9H,8H2,1-2H3,(H,16,18). The molecule has 1 aromatic carbocycles. The molecule has 0 saturated carbocycles. The number of nitrogens with zero attached hydrogens (tertiary/aromatic N) is 1. The van der Waals surface area contributed by atoms with Gasteiger partial charge in [-0.3, -0.25) is 4.79 Å². The molecule has 0 aliphatic carbocycles. The molecule has 94 valence electrons. The number of nitrogens with one attached hydrogen (secondary N) is 1. The number of halogens is 1. The maximum Gasteiger partial charge on any atom is 0.268 e. The number of hydrogen-bond acceptors (Lipinski definition) is 1. The highest BCUT2D eigenvalue weighted by molar-refractivity contribution is 9.10. The molecule has 0 fully saturated rings. The summed E-state index contributed by atoms with van der Waals surface area (Å²) < 4.78 is 2.71. The minimum atomic E-state index is -0.0651. The summed E-state index contributed by atoms with van der Waals surface area (Å²) in [5, 5.41) is 2.92. The van der Waals surface area contributed by atoms with Crippen molar-refractivity contribution in [2.75, 3.05) is 0 Å². The van der Waals surface area contributed by atoms with Gasteiger partial charge in [0.1, 0.15) is 5.69 Å². The van der Waals surface area contributed by atoms with Crippen molar-refractivity contribution in [3.05, 3.63) is 57.8 Å². The van der Waals surface area contributed by atoms with Crippen LogP contribution in [0.5, 0.6) is 0 Å². The van der Waals surface area contributed by atoms with Gasteiger partial charge < -0.3 is 9.88 Å². The first-order chi connectivity index (χ1) is 8.56. The Bertz CT molecular complexity index is 575. The van der Waals surface area contributed by atoms with Crippen LogP contribution >= 0.6 is 15.9 Å². The van der Waals surface area contributed by atoms with Crippen molar-refractivity contribution in [2.24, 2.45) is 7.05 Å². The Balaban J connectivity index is 2.03. The van der Waals surface area contributed by atoms with Crippen molar-refractivity contribution in [1.29, 1.82) is 0 Å². The van der Waals surface area contributed by atoms with E-state index in [0.717, 1.165) is 10.0 Å². The Hall–Kier alpha value is -1.55. The van der Waals surface area contributed by atoms with Gasteiger partial charge in [0.05, 0.1) is 0 Å². The molecule has 0 aliphatic rings. The fourth-order valence-corrected chi connectivity index (χ4v) is 2.37. The summed E-state index contributed by atoms with van der Waals surface area (Å²) in [5.41, 5.74) is 2.95. The monoisotopic (exact) mass is 306 g/mol. The van der Waals surface area contributed by atoms with Gasteiger partial charge in [-0.15, -0.1) is 0 Å². The van der Waals surface area contributed by atoms with Gasteiger partial charge in [-0.25, -0.2) is 0 Å². The van der Waals surface area contributed by atoms with E-state index in [1.54, 1.807) is 4.57 Å². The molecule has 0 aliphatic heterocycles. The number of aryl methyl sites for hydroxylation is 2. The highest BCUT2D eigenvalue weighted by atomic mass is 79.9. The minimum Gasteiger partial charge on any atom is -0.347 e. The van der Waals surface area contributed by atoms with Crippen LogP contribution in [0, 0.1) is 6.92 Å². The zero-order valence-corrected chi connectivity index (χ0v) is 12.0. The number of carbonyl (C=O) groups excluding carboxylic acids is 1. The van der Waals surface area contributed by atoms with E-state index in [0.29, 0.717) is 12.2 Å². The number of hydrogen-bond donors (Lipinski definition) is 1. The lowest BCUT2D eigenvalue weighted by Crippen LogP contribution is -2.24. The van der Waals surface area contributed by atoms with Crippen molar-refractivity contribution in [2.45, 2.75) is 13.5 Å². The zero-order chi connectivity index (χ0) is 13.1. The van der Waals surface area contributed by atoms with Gasteiger partial charge in [0, 0.05) is 24.3 Å². The Morgan fingerprint density at radius 1 is 1.39 bits per heavy atom. The number of rotatable bonds is 3. The number of aromatic nitrogens is 1. The van der Waals surface area contributed by atoms with E-state index in [1.807, 2.05) is 44.4 Å². The lowest BCUT2D eigenvalue weighted by Gasteiger charge is -2.06. The lowest BCUT2D eigenvalue weighted by molar-refractivity contribution is 0.0943. The van der Waals surface area contributed by atoms with Crippen LogP contribution in [-0.4, -0.2) is 10.5 Å². The van der Waals surface area contributed by atoms with E-state index in [9.17, 15) is 4.79 Å². The third kappa shape index (κ3) is 3.01. The highest BCUT2D eigenvalue weighted by Crippen LogP contribution is 2.13. The predicted molar refractivity (Wildman–Crippen MR) is 75.5 cm³/mol. The summed E-state index contributed by atoms with van der Waals surface area (Å²) in [6.45, 7) is 2.59. The summed E-state index contributed by atoms with van der Waals surface area (Å²) in [6.07, 6.45) is 1.86. The van der Waals surface area contributed by atoms with Crippen LogP contribution in [0.3, 0.4) is 0 Å². The largest absolute Gasteiger partial charge is 0.347 e. The van der Waals surface area contributed by atoms with E-state index in [-0.39, 0.29) is 5.91 Å². The number of carbonyl (C=O) groups is 1. The van der Waals surface area contributed by atoms with Crippen molar-refractivity contribution >= 4 is 21.8 Å². The molecule has 0 saturated heterocycles. The molecule has 0 unspecified atom stereocenters. The summed E-state index contributed by atoms with van der Waals surface area (Å²) in [6, 6.07) is 9.93. The second-order valence-electron chi connectivity index (χ2n) is 4.33. The van der Waals surface area contributed by atoms with Gasteiger partial charge in [0.25, 0.3) is 5.91 Å². The van der Waals surface area contributed by atoms with Crippen LogP contribution in [0.2, 0.25) is 0 Å². The molecule has 2 aromatic rings. The van der Waals surface area contributed by atoms with Crippen LogP contribution in [0.1, 0.15) is 21.6 Å². The molecule has 1 N–H and O–H groups in total. The molecule has 1 aromatic heterocycles. The van der Waals surface area contributed by atoms with E-state index < -0.39 is 0 Å². The maximum atomic E-state index is 12.0. The molecule has 0 radical (unpaired) electrons. The van der Waals surface area contributed by atoms with E-state index >= 15 is 0 Å². The topological polar surface area (TPSA) is 34.0 Å². The van der Waals surface area contributed by atoms with E-state index in [2.05, 4.69) is 27.3 Å². The molecule has 0 spiro atoms. The summed E-state index contributed by atoms with van der Waals surface area (Å²) in [4.78, 5) is 12.0. The summed E-state index contributed by atoms with van der Waals surface area (Å²) in [5.74, 6) is -0.0651. The van der Waals surface area contributed by atoms with Gasteiger partial charge in [0.2, 0.25) is 0 Å². The second-order valence-corrected chi connectivity index (χ2v) is 5.24. The molecule has 4 heteroatoms. The first kappa shape index (κ1) is 12.9. The van der Waals surface area contributed by atoms with Crippen LogP contribution in [-0.2, 0) is 13.6 Å². The van der Waals surface area contributed by atoms with Crippen LogP contribution in [0.4, 0.5) is 0 Å². The Morgan fingerprint density at radius 3 is 2.78 bits per heavy atom. The minimum absolute atomic E-state index is 0.0651. The van der Waals surface area contributed by atoms with Crippen molar-refractivity contribution in [3.63, 3.8) is 0 Å². The molecule has 1 amide bonds. The van der Waals surface area contributed by atoms with Crippen molar-refractivity contribution in [1.82, 2.24) is 9.88 Å². The Labute approximate surface area is 115 Å². The Kier molecular flexibility index (Phi) is 3.87. The molecule has 0 bridgehead atoms. The first-order valence-electron chi connectivity index (χ1n) is 5.72. The van der Waals surface area contributed by atoms with Crippen LogP contribution in [0.25, 0.3) is 0 Å². The Morgan fingerprint density at radius 2 is 2.17 bits per heavy atom. The van der Waals surface area contributed by atoms with Crippen LogP contribution in [0.15, 0.2) is 41.0 Å². The average molecular weight is 307 g/mol. The molecule has 3 nitrogen and oxygen atoms in total. The third-order valence-corrected chi connectivity index (χ3v) is 3.17. The number of benzene rings is 1. The van der Waals surface area contributed by atoms with Crippen molar-refractivity contribution in [3.8, 4) is 0 Å². The van der Waals surface area contributed by atoms with Gasteiger partial charge in [0.15, 0.2) is 0 Å². The highest BCUT2D eigenvalue weighted by Gasteiger charge is 2.10. The van der Waals surface area contributed by atoms with Gasteiger partial charge >= 0.3 is 0 Å². The van der Waals surface area contributed by atoms with E-state index in [1.165, 1.54) is 5.56 Å².